The predicted molar refractivity (Wildman–Crippen MR) is 78.6 cm³/mol. The van der Waals surface area contributed by atoms with Crippen molar-refractivity contribution in [1.82, 2.24) is 20.2 Å². The Kier molecular flexibility index (Phi) is 3.67. The first-order chi connectivity index (χ1) is 9.79. The van der Waals surface area contributed by atoms with Crippen molar-refractivity contribution in [1.29, 1.82) is 0 Å². The number of aromatic nitrogens is 4. The maximum Gasteiger partial charge on any atom is 0.170 e. The lowest BCUT2D eigenvalue weighted by Crippen LogP contribution is -2.23. The van der Waals surface area contributed by atoms with Crippen LogP contribution in [0.2, 0.25) is 0 Å². The fraction of sp³-hybridized carbons (Fsp3) is 0.533. The lowest BCUT2D eigenvalue weighted by Gasteiger charge is -2.18. The van der Waals surface area contributed by atoms with Gasteiger partial charge in [0.05, 0.1) is 6.54 Å². The zero-order valence-electron chi connectivity index (χ0n) is 12.2. The lowest BCUT2D eigenvalue weighted by atomic mass is 10.0. The van der Waals surface area contributed by atoms with Crippen LogP contribution in [-0.2, 0) is 13.1 Å². The van der Waals surface area contributed by atoms with Gasteiger partial charge in [-0.25, -0.2) is 4.68 Å². The van der Waals surface area contributed by atoms with E-state index in [1.54, 1.807) is 0 Å². The molecule has 0 radical (unpaired) electrons. The minimum atomic E-state index is 0.575. The van der Waals surface area contributed by atoms with Gasteiger partial charge in [0.2, 0.25) is 0 Å². The molecule has 0 fully saturated rings. The highest BCUT2D eigenvalue weighted by Gasteiger charge is 2.26. The van der Waals surface area contributed by atoms with Crippen molar-refractivity contribution in [2.75, 3.05) is 11.4 Å². The summed E-state index contributed by atoms with van der Waals surface area (Å²) in [5.41, 5.74) is 2.75. The average Bonchev–Trinajstić information content (AvgIpc) is 3.03. The normalized spacial score (nSPS) is 17.5. The molecule has 5 heteroatoms. The number of nitrogens with zero attached hydrogens (tertiary/aromatic N) is 5. The van der Waals surface area contributed by atoms with E-state index in [1.165, 1.54) is 11.3 Å². The average molecular weight is 271 g/mol. The van der Waals surface area contributed by atoms with Crippen molar-refractivity contribution in [3.63, 3.8) is 0 Å². The Morgan fingerprint density at radius 1 is 1.30 bits per heavy atom. The van der Waals surface area contributed by atoms with Crippen molar-refractivity contribution in [2.24, 2.45) is 0 Å². The zero-order chi connectivity index (χ0) is 13.9. The van der Waals surface area contributed by atoms with E-state index >= 15 is 0 Å². The minimum absolute atomic E-state index is 0.575. The second-order valence-electron chi connectivity index (χ2n) is 5.51. The molecular weight excluding hydrogens is 250 g/mol. The summed E-state index contributed by atoms with van der Waals surface area (Å²) in [5, 5.41) is 12.1. The van der Waals surface area contributed by atoms with E-state index < -0.39 is 0 Å². The highest BCUT2D eigenvalue weighted by atomic mass is 15.5. The van der Waals surface area contributed by atoms with Crippen molar-refractivity contribution < 1.29 is 0 Å². The predicted octanol–water partition coefficient (Wildman–Crippen LogP) is 2.60. The van der Waals surface area contributed by atoms with Gasteiger partial charge in [-0.05, 0) is 28.5 Å². The van der Waals surface area contributed by atoms with Crippen molar-refractivity contribution in [3.8, 4) is 0 Å². The Labute approximate surface area is 119 Å². The third-order valence-electron chi connectivity index (χ3n) is 3.96. The molecule has 0 unspecified atom stereocenters. The largest absolute Gasteiger partial charge is 0.363 e. The molecule has 0 saturated heterocycles. The molecule has 0 aliphatic carbocycles. The lowest BCUT2D eigenvalue weighted by molar-refractivity contribution is 0.528. The fourth-order valence-corrected chi connectivity index (χ4v) is 2.86. The number of aryl methyl sites for hydroxylation is 1. The van der Waals surface area contributed by atoms with Crippen LogP contribution in [0.15, 0.2) is 24.3 Å². The first-order valence-electron chi connectivity index (χ1n) is 7.38. The number of unbranched alkanes of at least 4 members (excludes halogenated alkanes) is 1. The molecule has 1 aliphatic heterocycles. The molecule has 106 valence electrons. The molecule has 1 aliphatic rings. The summed E-state index contributed by atoms with van der Waals surface area (Å²) in [4.78, 5) is 2.38. The van der Waals surface area contributed by atoms with Gasteiger partial charge in [0.25, 0.3) is 0 Å². The highest BCUT2D eigenvalue weighted by molar-refractivity contribution is 5.59. The van der Waals surface area contributed by atoms with Gasteiger partial charge in [-0.15, -0.1) is 5.10 Å². The molecule has 1 aromatic heterocycles. The van der Waals surface area contributed by atoms with Crippen LogP contribution in [0.5, 0.6) is 0 Å². The van der Waals surface area contributed by atoms with E-state index in [4.69, 9.17) is 0 Å². The van der Waals surface area contributed by atoms with Gasteiger partial charge in [-0.1, -0.05) is 38.5 Å². The molecule has 2 heterocycles. The Bertz CT molecular complexity index is 577. The summed E-state index contributed by atoms with van der Waals surface area (Å²) in [6.07, 6.45) is 2.27. The maximum atomic E-state index is 4.19. The van der Waals surface area contributed by atoms with Gasteiger partial charge in [-0.2, -0.15) is 0 Å². The molecule has 0 saturated carbocycles. The Morgan fingerprint density at radius 3 is 3.00 bits per heavy atom. The third kappa shape index (κ3) is 2.40. The van der Waals surface area contributed by atoms with Gasteiger partial charge < -0.3 is 4.90 Å². The van der Waals surface area contributed by atoms with E-state index in [9.17, 15) is 0 Å². The number of hydrogen-bond donors (Lipinski definition) is 0. The fourth-order valence-electron chi connectivity index (χ4n) is 2.86. The van der Waals surface area contributed by atoms with Gasteiger partial charge in [0.15, 0.2) is 5.82 Å². The molecular formula is C15H21N5. The smallest absolute Gasteiger partial charge is 0.170 e. The molecule has 2 aromatic rings. The van der Waals surface area contributed by atoms with Crippen LogP contribution >= 0.6 is 0 Å². The van der Waals surface area contributed by atoms with Gasteiger partial charge >= 0.3 is 0 Å². The van der Waals surface area contributed by atoms with E-state index in [2.05, 4.69) is 58.5 Å². The molecule has 5 nitrogen and oxygen atoms in total. The van der Waals surface area contributed by atoms with Gasteiger partial charge in [-0.3, -0.25) is 0 Å². The second-order valence-corrected chi connectivity index (χ2v) is 5.51. The minimum Gasteiger partial charge on any atom is -0.363 e. The Morgan fingerprint density at radius 2 is 2.15 bits per heavy atom. The number of fused-ring (bicyclic) bond motifs is 1. The number of hydrogen-bond acceptors (Lipinski definition) is 4. The zero-order valence-corrected chi connectivity index (χ0v) is 12.2. The summed E-state index contributed by atoms with van der Waals surface area (Å²) >= 11 is 0. The van der Waals surface area contributed by atoms with Gasteiger partial charge in [0.1, 0.15) is 0 Å². The molecule has 0 bridgehead atoms. The van der Waals surface area contributed by atoms with Crippen LogP contribution < -0.4 is 4.90 Å². The second kappa shape index (κ2) is 5.61. The summed E-state index contributed by atoms with van der Waals surface area (Å²) in [5.74, 6) is 1.54. The Hall–Kier alpha value is -1.91. The number of tetrazole rings is 1. The van der Waals surface area contributed by atoms with E-state index in [0.29, 0.717) is 5.92 Å². The monoisotopic (exact) mass is 271 g/mol. The maximum absolute atomic E-state index is 4.19. The van der Waals surface area contributed by atoms with Crippen LogP contribution in [0.25, 0.3) is 0 Å². The quantitative estimate of drug-likeness (QED) is 0.838. The van der Waals surface area contributed by atoms with Crippen molar-refractivity contribution in [2.45, 2.75) is 45.7 Å². The number of para-hydroxylation sites is 1. The van der Waals surface area contributed by atoms with Crippen molar-refractivity contribution >= 4 is 5.69 Å². The van der Waals surface area contributed by atoms with E-state index in [0.717, 1.165) is 38.3 Å². The molecule has 1 aromatic carbocycles. The van der Waals surface area contributed by atoms with E-state index in [-0.39, 0.29) is 0 Å². The van der Waals surface area contributed by atoms with Crippen LogP contribution in [0.3, 0.4) is 0 Å². The molecule has 0 N–H and O–H groups in total. The summed E-state index contributed by atoms with van der Waals surface area (Å²) in [6, 6.07) is 8.63. The standard InChI is InChI=1S/C15H21N5/c1-3-4-9-20-15(16-17-18-20)11-19-10-12(2)13-7-5-6-8-14(13)19/h5-8,12H,3-4,9-11H2,1-2H3/t12-/m1/s1. The highest BCUT2D eigenvalue weighted by Crippen LogP contribution is 2.36. The first-order valence-corrected chi connectivity index (χ1v) is 7.38. The topological polar surface area (TPSA) is 46.8 Å². The number of anilines is 1. The van der Waals surface area contributed by atoms with Crippen LogP contribution in [0.1, 0.15) is 44.0 Å². The van der Waals surface area contributed by atoms with Crippen LogP contribution in [0.4, 0.5) is 5.69 Å². The third-order valence-corrected chi connectivity index (χ3v) is 3.96. The SMILES string of the molecule is CCCCn1nnnc1CN1C[C@@H](C)c2ccccc21. The molecule has 1 atom stereocenters. The molecule has 0 amide bonds. The number of rotatable bonds is 5. The van der Waals surface area contributed by atoms with Crippen molar-refractivity contribution in [3.05, 3.63) is 35.7 Å². The first kappa shape index (κ1) is 13.1. The molecule has 3 rings (SSSR count). The molecule has 20 heavy (non-hydrogen) atoms. The summed E-state index contributed by atoms with van der Waals surface area (Å²) in [6.45, 7) is 7.20. The van der Waals surface area contributed by atoms with Gasteiger partial charge in [0, 0.05) is 24.7 Å². The van der Waals surface area contributed by atoms with Crippen LogP contribution in [-0.4, -0.2) is 26.8 Å². The summed E-state index contributed by atoms with van der Waals surface area (Å²) in [7, 11) is 0. The number of benzene rings is 1. The van der Waals surface area contributed by atoms with E-state index in [1.807, 2.05) is 4.68 Å². The molecule has 0 spiro atoms. The Balaban J connectivity index is 1.78. The van der Waals surface area contributed by atoms with Crippen LogP contribution in [0, 0.1) is 0 Å². The summed E-state index contributed by atoms with van der Waals surface area (Å²) < 4.78 is 1.94.